The number of likely N-dealkylation sites (N-methyl/N-ethyl adjacent to an activating group) is 1. The summed E-state index contributed by atoms with van der Waals surface area (Å²) < 4.78 is 0.213. The number of hydrogen-bond acceptors (Lipinski definition) is 4. The highest BCUT2D eigenvalue weighted by Crippen LogP contribution is 2.35. The van der Waals surface area contributed by atoms with Crippen LogP contribution in [0.1, 0.15) is 40.0 Å². The molecule has 2 amide bonds. The van der Waals surface area contributed by atoms with Crippen LogP contribution in [0.15, 0.2) is 0 Å². The van der Waals surface area contributed by atoms with E-state index in [1.165, 1.54) is 0 Å². The van der Waals surface area contributed by atoms with Crippen LogP contribution in [0.5, 0.6) is 0 Å². The van der Waals surface area contributed by atoms with Gasteiger partial charge in [0.25, 0.3) is 0 Å². The number of amides is 2. The van der Waals surface area contributed by atoms with Gasteiger partial charge in [-0.2, -0.15) is 0 Å². The average molecular weight is 319 g/mol. The van der Waals surface area contributed by atoms with Gasteiger partial charge in [-0.05, 0) is 12.8 Å². The monoisotopic (exact) mass is 318 g/mol. The van der Waals surface area contributed by atoms with Crippen molar-refractivity contribution in [2.45, 2.75) is 50.8 Å². The number of carbonyl (C=O) groups is 2. The van der Waals surface area contributed by atoms with Gasteiger partial charge in [0.2, 0.25) is 11.8 Å². The van der Waals surface area contributed by atoms with Crippen LogP contribution in [0.4, 0.5) is 0 Å². The van der Waals surface area contributed by atoms with Gasteiger partial charge >= 0.3 is 0 Å². The zero-order valence-corrected chi connectivity index (χ0v) is 14.8. The van der Waals surface area contributed by atoms with Crippen LogP contribution >= 0.6 is 21.6 Å². The zero-order valence-electron chi connectivity index (χ0n) is 13.1. The van der Waals surface area contributed by atoms with Gasteiger partial charge in [0, 0.05) is 37.6 Å². The molecule has 0 radical (unpaired) electrons. The summed E-state index contributed by atoms with van der Waals surface area (Å²) in [5.41, 5.74) is 0. The molecule has 0 spiro atoms. The standard InChI is InChI=1S/C14H26N2O2S2/c1-14(2,3)20-19-10-8-12(17)16-9-6-7-11(16)13(18)15(4)5/h11H,6-10H2,1-5H3/t11-/m0/s1. The van der Waals surface area contributed by atoms with E-state index in [1.54, 1.807) is 45.5 Å². The second-order valence-electron chi connectivity index (χ2n) is 6.25. The van der Waals surface area contributed by atoms with Crippen LogP contribution in [0.2, 0.25) is 0 Å². The van der Waals surface area contributed by atoms with Crippen LogP contribution in [0.3, 0.4) is 0 Å². The largest absolute Gasteiger partial charge is 0.347 e. The Morgan fingerprint density at radius 2 is 1.95 bits per heavy atom. The van der Waals surface area contributed by atoms with Crippen molar-refractivity contribution < 1.29 is 9.59 Å². The Balaban J connectivity index is 2.40. The first-order chi connectivity index (χ1) is 9.22. The highest BCUT2D eigenvalue weighted by molar-refractivity contribution is 8.77. The second kappa shape index (κ2) is 7.59. The summed E-state index contributed by atoms with van der Waals surface area (Å²) >= 11 is 0. The molecule has 1 fully saturated rings. The molecule has 0 unspecified atom stereocenters. The molecule has 1 saturated heterocycles. The highest BCUT2D eigenvalue weighted by atomic mass is 33.1. The molecule has 1 aliphatic heterocycles. The maximum absolute atomic E-state index is 12.2. The Kier molecular flexibility index (Phi) is 6.72. The van der Waals surface area contributed by atoms with Gasteiger partial charge in [0.1, 0.15) is 6.04 Å². The third kappa shape index (κ3) is 5.56. The summed E-state index contributed by atoms with van der Waals surface area (Å²) in [5.74, 6) is 0.970. The van der Waals surface area contributed by atoms with E-state index in [9.17, 15) is 9.59 Å². The van der Waals surface area contributed by atoms with Gasteiger partial charge in [0.05, 0.1) is 0 Å². The third-order valence-corrected chi connectivity index (χ3v) is 6.35. The first kappa shape index (κ1) is 17.7. The first-order valence-electron chi connectivity index (χ1n) is 7.03. The molecular formula is C14H26N2O2S2. The lowest BCUT2D eigenvalue weighted by Crippen LogP contribution is -2.45. The predicted molar refractivity (Wildman–Crippen MR) is 87.8 cm³/mol. The number of nitrogens with zero attached hydrogens (tertiary/aromatic N) is 2. The number of rotatable bonds is 5. The van der Waals surface area contributed by atoms with Crippen molar-refractivity contribution in [2.24, 2.45) is 0 Å². The lowest BCUT2D eigenvalue weighted by atomic mass is 10.2. The summed E-state index contributed by atoms with van der Waals surface area (Å²) in [7, 11) is 7.04. The maximum atomic E-state index is 12.2. The van der Waals surface area contributed by atoms with E-state index in [1.807, 2.05) is 0 Å². The molecule has 1 heterocycles. The van der Waals surface area contributed by atoms with Crippen LogP contribution in [-0.2, 0) is 9.59 Å². The van der Waals surface area contributed by atoms with Crippen LogP contribution < -0.4 is 0 Å². The molecule has 0 saturated carbocycles. The maximum Gasteiger partial charge on any atom is 0.244 e. The molecule has 20 heavy (non-hydrogen) atoms. The fourth-order valence-corrected chi connectivity index (χ4v) is 4.37. The molecule has 0 aromatic heterocycles. The molecule has 1 aliphatic rings. The molecule has 0 N–H and O–H groups in total. The quantitative estimate of drug-likeness (QED) is 0.577. The van der Waals surface area contributed by atoms with Crippen molar-refractivity contribution in [1.29, 1.82) is 0 Å². The molecule has 0 aromatic carbocycles. The van der Waals surface area contributed by atoms with E-state index in [0.29, 0.717) is 6.42 Å². The minimum atomic E-state index is -0.238. The molecule has 0 aromatic rings. The topological polar surface area (TPSA) is 40.6 Å². The second-order valence-corrected chi connectivity index (χ2v) is 9.49. The molecule has 116 valence electrons. The Morgan fingerprint density at radius 1 is 1.30 bits per heavy atom. The van der Waals surface area contributed by atoms with Crippen LogP contribution in [-0.4, -0.2) is 58.8 Å². The minimum absolute atomic E-state index is 0.0487. The fraction of sp³-hybridized carbons (Fsp3) is 0.857. The number of likely N-dealkylation sites (tertiary alicyclic amines) is 1. The van der Waals surface area contributed by atoms with Gasteiger partial charge in [-0.3, -0.25) is 9.59 Å². The van der Waals surface area contributed by atoms with Crippen molar-refractivity contribution in [1.82, 2.24) is 9.80 Å². The van der Waals surface area contributed by atoms with Crippen LogP contribution in [0, 0.1) is 0 Å². The normalized spacial score (nSPS) is 19.2. The first-order valence-corrected chi connectivity index (χ1v) is 9.35. The van der Waals surface area contributed by atoms with E-state index >= 15 is 0 Å². The van der Waals surface area contributed by atoms with Gasteiger partial charge in [-0.15, -0.1) is 0 Å². The highest BCUT2D eigenvalue weighted by Gasteiger charge is 2.34. The Bertz CT molecular complexity index is 354. The van der Waals surface area contributed by atoms with Gasteiger partial charge in [0.15, 0.2) is 0 Å². The summed E-state index contributed by atoms with van der Waals surface area (Å²) in [5, 5.41) is 0. The van der Waals surface area contributed by atoms with Crippen molar-refractivity contribution >= 4 is 33.4 Å². The molecular weight excluding hydrogens is 292 g/mol. The SMILES string of the molecule is CN(C)C(=O)[C@@H]1CCCN1C(=O)CCSSC(C)(C)C. The Labute approximate surface area is 130 Å². The summed E-state index contributed by atoms with van der Waals surface area (Å²) in [6.45, 7) is 7.22. The molecule has 1 atom stereocenters. The summed E-state index contributed by atoms with van der Waals surface area (Å²) in [6, 6.07) is -0.238. The molecule has 4 nitrogen and oxygen atoms in total. The van der Waals surface area contributed by atoms with E-state index in [-0.39, 0.29) is 22.6 Å². The fourth-order valence-electron chi connectivity index (χ4n) is 2.11. The summed E-state index contributed by atoms with van der Waals surface area (Å²) in [6.07, 6.45) is 2.25. The Hall–Kier alpha value is -0.360. The smallest absolute Gasteiger partial charge is 0.244 e. The van der Waals surface area contributed by atoms with E-state index in [4.69, 9.17) is 0 Å². The average Bonchev–Trinajstić information content (AvgIpc) is 2.81. The van der Waals surface area contributed by atoms with Crippen LogP contribution in [0.25, 0.3) is 0 Å². The summed E-state index contributed by atoms with van der Waals surface area (Å²) in [4.78, 5) is 27.6. The van der Waals surface area contributed by atoms with Crippen molar-refractivity contribution in [3.63, 3.8) is 0 Å². The third-order valence-electron chi connectivity index (χ3n) is 3.01. The van der Waals surface area contributed by atoms with E-state index in [2.05, 4.69) is 20.8 Å². The zero-order chi connectivity index (χ0) is 15.3. The lowest BCUT2D eigenvalue weighted by molar-refractivity contribution is -0.142. The van der Waals surface area contributed by atoms with Gasteiger partial charge in [-0.1, -0.05) is 42.4 Å². The number of hydrogen-bond donors (Lipinski definition) is 0. The molecule has 1 rings (SSSR count). The van der Waals surface area contributed by atoms with E-state index in [0.717, 1.165) is 25.1 Å². The van der Waals surface area contributed by atoms with Gasteiger partial charge < -0.3 is 9.80 Å². The Morgan fingerprint density at radius 3 is 2.50 bits per heavy atom. The molecule has 0 bridgehead atoms. The van der Waals surface area contributed by atoms with Gasteiger partial charge in [-0.25, -0.2) is 0 Å². The van der Waals surface area contributed by atoms with Crippen molar-refractivity contribution in [3.05, 3.63) is 0 Å². The lowest BCUT2D eigenvalue weighted by Gasteiger charge is -2.26. The minimum Gasteiger partial charge on any atom is -0.347 e. The van der Waals surface area contributed by atoms with Crippen molar-refractivity contribution in [3.8, 4) is 0 Å². The predicted octanol–water partition coefficient (Wildman–Crippen LogP) is 2.64. The molecule has 6 heteroatoms. The molecule has 0 aliphatic carbocycles. The van der Waals surface area contributed by atoms with Crippen molar-refractivity contribution in [2.75, 3.05) is 26.4 Å². The van der Waals surface area contributed by atoms with E-state index < -0.39 is 0 Å². The number of carbonyl (C=O) groups excluding carboxylic acids is 2.